The molecule has 0 spiro atoms. The van der Waals surface area contributed by atoms with E-state index >= 15 is 0 Å². The van der Waals surface area contributed by atoms with Crippen LogP contribution in [0.1, 0.15) is 41.8 Å². The fourth-order valence-corrected chi connectivity index (χ4v) is 4.61. The van der Waals surface area contributed by atoms with Gasteiger partial charge in [-0.1, -0.05) is 0 Å². The van der Waals surface area contributed by atoms with Gasteiger partial charge in [-0.2, -0.15) is 5.10 Å². The highest BCUT2D eigenvalue weighted by molar-refractivity contribution is 7.18. The molecule has 0 saturated heterocycles. The van der Waals surface area contributed by atoms with Crippen molar-refractivity contribution in [2.75, 3.05) is 0 Å². The number of hydrogen-bond donors (Lipinski definition) is 2. The number of thiophene rings is 1. The molecular weight excluding hydrogens is 376 g/mol. The molecule has 1 aromatic carbocycles. The van der Waals surface area contributed by atoms with E-state index in [2.05, 4.69) is 15.5 Å². The van der Waals surface area contributed by atoms with E-state index in [0.717, 1.165) is 41.6 Å². The summed E-state index contributed by atoms with van der Waals surface area (Å²) in [5.74, 6) is -0.241. The molecule has 1 amide bonds. The topological polar surface area (TPSA) is 96.6 Å². The summed E-state index contributed by atoms with van der Waals surface area (Å²) >= 11 is 1.59. The molecule has 0 saturated carbocycles. The van der Waals surface area contributed by atoms with Crippen molar-refractivity contribution in [3.05, 3.63) is 57.0 Å². The smallest absolute Gasteiger partial charge is 0.263 e. The van der Waals surface area contributed by atoms with E-state index in [0.29, 0.717) is 5.39 Å². The minimum Gasteiger partial charge on any atom is -0.508 e. The van der Waals surface area contributed by atoms with Crippen LogP contribution >= 0.6 is 11.3 Å². The number of carbonyl (C=O) groups excluding carboxylic acids is 1. The van der Waals surface area contributed by atoms with Crippen molar-refractivity contribution in [2.45, 2.75) is 38.6 Å². The second-order valence-electron chi connectivity index (χ2n) is 6.85. The summed E-state index contributed by atoms with van der Waals surface area (Å²) in [6, 6.07) is 5.69. The number of fused-ring (bicyclic) bond motifs is 3. The molecule has 1 aliphatic carbocycles. The second-order valence-corrected chi connectivity index (χ2v) is 7.93. The molecule has 8 heteroatoms. The van der Waals surface area contributed by atoms with Gasteiger partial charge in [0.2, 0.25) is 0 Å². The largest absolute Gasteiger partial charge is 0.508 e. The molecule has 0 unspecified atom stereocenters. The van der Waals surface area contributed by atoms with E-state index in [-0.39, 0.29) is 11.3 Å². The number of carbonyl (C=O) groups is 1. The Labute approximate surface area is 165 Å². The summed E-state index contributed by atoms with van der Waals surface area (Å²) in [4.78, 5) is 31.9. The number of rotatable bonds is 4. The molecule has 4 rings (SSSR count). The van der Waals surface area contributed by atoms with Crippen molar-refractivity contribution in [3.8, 4) is 5.75 Å². The Morgan fingerprint density at radius 2 is 2.07 bits per heavy atom. The molecule has 7 nitrogen and oxygen atoms in total. The normalized spacial score (nSPS) is 14.9. The Hall–Kier alpha value is -3.00. The van der Waals surface area contributed by atoms with Gasteiger partial charge in [0.15, 0.2) is 0 Å². The van der Waals surface area contributed by atoms with Crippen molar-refractivity contribution in [3.63, 3.8) is 0 Å². The van der Waals surface area contributed by atoms with Crippen LogP contribution in [0.3, 0.4) is 0 Å². The second kappa shape index (κ2) is 7.55. The SMILES string of the molecule is C[C@H](C(=O)N/N=C/c1ccc(O)cc1)n1cnc2sc3c(c2c1=O)CCCC3. The van der Waals surface area contributed by atoms with Crippen LogP contribution in [0.15, 0.2) is 40.5 Å². The van der Waals surface area contributed by atoms with Gasteiger partial charge in [0.25, 0.3) is 11.5 Å². The molecular formula is C20H20N4O3S. The summed E-state index contributed by atoms with van der Waals surface area (Å²) in [5.41, 5.74) is 4.13. The number of nitrogens with zero attached hydrogens (tertiary/aromatic N) is 3. The van der Waals surface area contributed by atoms with Gasteiger partial charge < -0.3 is 5.11 Å². The van der Waals surface area contributed by atoms with Gasteiger partial charge in [-0.15, -0.1) is 11.3 Å². The highest BCUT2D eigenvalue weighted by Crippen LogP contribution is 2.33. The van der Waals surface area contributed by atoms with Gasteiger partial charge in [-0.05, 0) is 68.0 Å². The maximum absolute atomic E-state index is 13.0. The van der Waals surface area contributed by atoms with E-state index < -0.39 is 11.9 Å². The van der Waals surface area contributed by atoms with E-state index in [1.807, 2.05) is 0 Å². The van der Waals surface area contributed by atoms with Crippen LogP contribution in [0.4, 0.5) is 0 Å². The average Bonchev–Trinajstić information content (AvgIpc) is 3.08. The molecule has 2 N–H and O–H groups in total. The Morgan fingerprint density at radius 1 is 1.32 bits per heavy atom. The fourth-order valence-electron chi connectivity index (χ4n) is 3.39. The third kappa shape index (κ3) is 3.43. The van der Waals surface area contributed by atoms with Gasteiger partial charge in [-0.25, -0.2) is 10.4 Å². The number of nitrogens with one attached hydrogen (secondary N) is 1. The molecule has 3 aromatic rings. The molecule has 144 valence electrons. The summed E-state index contributed by atoms with van der Waals surface area (Å²) in [7, 11) is 0. The Kier molecular flexibility index (Phi) is 4.95. The first-order valence-corrected chi connectivity index (χ1v) is 9.99. The van der Waals surface area contributed by atoms with Gasteiger partial charge in [0, 0.05) is 4.88 Å². The predicted octanol–water partition coefficient (Wildman–Crippen LogP) is 2.75. The van der Waals surface area contributed by atoms with Crippen LogP contribution in [0.2, 0.25) is 0 Å². The average molecular weight is 396 g/mol. The number of amides is 1. The van der Waals surface area contributed by atoms with E-state index in [4.69, 9.17) is 0 Å². The van der Waals surface area contributed by atoms with Gasteiger partial charge in [0.05, 0.1) is 17.9 Å². The maximum atomic E-state index is 13.0. The number of benzene rings is 1. The lowest BCUT2D eigenvalue weighted by Crippen LogP contribution is -2.34. The highest BCUT2D eigenvalue weighted by Gasteiger charge is 2.23. The minimum atomic E-state index is -0.736. The van der Waals surface area contributed by atoms with E-state index in [1.54, 1.807) is 30.4 Å². The predicted molar refractivity (Wildman–Crippen MR) is 109 cm³/mol. The van der Waals surface area contributed by atoms with Crippen molar-refractivity contribution in [1.29, 1.82) is 0 Å². The lowest BCUT2D eigenvalue weighted by atomic mass is 9.97. The van der Waals surface area contributed by atoms with Gasteiger partial charge >= 0.3 is 0 Å². The first-order chi connectivity index (χ1) is 13.5. The van der Waals surface area contributed by atoms with Crippen LogP contribution < -0.4 is 11.0 Å². The zero-order chi connectivity index (χ0) is 19.7. The monoisotopic (exact) mass is 396 g/mol. The van der Waals surface area contributed by atoms with Crippen molar-refractivity contribution >= 4 is 33.7 Å². The molecule has 28 heavy (non-hydrogen) atoms. The first-order valence-electron chi connectivity index (χ1n) is 9.18. The summed E-state index contributed by atoms with van der Waals surface area (Å²) < 4.78 is 1.37. The molecule has 2 heterocycles. The molecule has 0 fully saturated rings. The third-order valence-electron chi connectivity index (χ3n) is 4.98. The van der Waals surface area contributed by atoms with Crippen molar-refractivity contribution in [2.24, 2.45) is 5.10 Å². The van der Waals surface area contributed by atoms with Gasteiger partial charge in [-0.3, -0.25) is 14.2 Å². The molecule has 0 radical (unpaired) electrons. The Bertz CT molecular complexity index is 1110. The highest BCUT2D eigenvalue weighted by atomic mass is 32.1. The number of aryl methyl sites for hydroxylation is 2. The number of hydrazone groups is 1. The van der Waals surface area contributed by atoms with Crippen LogP contribution in [0.5, 0.6) is 5.75 Å². The number of phenols is 1. The first kappa shape index (κ1) is 18.4. The summed E-state index contributed by atoms with van der Waals surface area (Å²) in [5, 5.41) is 13.9. The van der Waals surface area contributed by atoms with Crippen molar-refractivity contribution in [1.82, 2.24) is 15.0 Å². The minimum absolute atomic E-state index is 0.160. The maximum Gasteiger partial charge on any atom is 0.263 e. The fraction of sp³-hybridized carbons (Fsp3) is 0.300. The Balaban J connectivity index is 1.55. The number of phenolic OH excluding ortho intramolecular Hbond substituents is 1. The van der Waals surface area contributed by atoms with Crippen LogP contribution in [0.25, 0.3) is 10.2 Å². The molecule has 2 aromatic heterocycles. The lowest BCUT2D eigenvalue weighted by molar-refractivity contribution is -0.123. The molecule has 1 atom stereocenters. The standard InChI is InChI=1S/C20H20N4O3S/c1-12(18(26)23-22-10-13-6-8-14(25)9-7-13)24-11-21-19-17(20(24)27)15-4-2-3-5-16(15)28-19/h6-12,25H,2-5H2,1H3,(H,23,26)/b22-10+/t12-/m1/s1. The van der Waals surface area contributed by atoms with Crippen LogP contribution in [-0.4, -0.2) is 26.8 Å². The molecule has 1 aliphatic rings. The number of hydrogen-bond acceptors (Lipinski definition) is 6. The van der Waals surface area contributed by atoms with Crippen LogP contribution in [0, 0.1) is 0 Å². The zero-order valence-corrected chi connectivity index (χ0v) is 16.2. The Morgan fingerprint density at radius 3 is 2.86 bits per heavy atom. The summed E-state index contributed by atoms with van der Waals surface area (Å²) in [6.07, 6.45) is 7.04. The zero-order valence-electron chi connectivity index (χ0n) is 15.4. The summed E-state index contributed by atoms with van der Waals surface area (Å²) in [6.45, 7) is 1.65. The number of aromatic nitrogens is 2. The molecule has 0 bridgehead atoms. The van der Waals surface area contributed by atoms with Crippen molar-refractivity contribution < 1.29 is 9.90 Å². The van der Waals surface area contributed by atoms with Gasteiger partial charge in [0.1, 0.15) is 16.6 Å². The number of aromatic hydroxyl groups is 1. The van der Waals surface area contributed by atoms with Crippen LogP contribution in [-0.2, 0) is 17.6 Å². The van der Waals surface area contributed by atoms with E-state index in [1.165, 1.54) is 34.1 Å². The molecule has 0 aliphatic heterocycles. The van der Waals surface area contributed by atoms with E-state index in [9.17, 15) is 14.7 Å². The lowest BCUT2D eigenvalue weighted by Gasteiger charge is -2.14. The third-order valence-corrected chi connectivity index (χ3v) is 6.18. The quantitative estimate of drug-likeness (QED) is 0.523.